The lowest BCUT2D eigenvalue weighted by Gasteiger charge is -2.45. The number of fused-ring (bicyclic) bond motifs is 1. The molecule has 5 rings (SSSR count). The van der Waals surface area contributed by atoms with Crippen LogP contribution < -0.4 is 4.74 Å². The molecule has 14 heteroatoms. The average Bonchev–Trinajstić information content (AvgIpc) is 2.97. The van der Waals surface area contributed by atoms with E-state index in [1.165, 1.54) is 36.4 Å². The quantitative estimate of drug-likeness (QED) is 0.150. The highest BCUT2D eigenvalue weighted by Gasteiger charge is 2.51. The van der Waals surface area contributed by atoms with Crippen LogP contribution in [0.1, 0.15) is 0 Å². The van der Waals surface area contributed by atoms with E-state index in [1.54, 1.807) is 12.1 Å². The topological polar surface area (TPSA) is 230 Å². The minimum Gasteiger partial charge on any atom is -0.508 e. The van der Waals surface area contributed by atoms with Crippen molar-refractivity contribution >= 4 is 11.0 Å². The van der Waals surface area contributed by atoms with Crippen molar-refractivity contribution < 1.29 is 69.3 Å². The summed E-state index contributed by atoms with van der Waals surface area (Å²) in [5.74, 6) is 0.0697. The van der Waals surface area contributed by atoms with Crippen molar-refractivity contribution in [2.45, 2.75) is 61.4 Å². The minimum absolute atomic E-state index is 0.0128. The van der Waals surface area contributed by atoms with Gasteiger partial charge in [0.1, 0.15) is 54.2 Å². The summed E-state index contributed by atoms with van der Waals surface area (Å²) in [6.07, 6.45) is -16.3. The van der Waals surface area contributed by atoms with E-state index in [1.807, 2.05) is 0 Å². The molecule has 222 valence electrons. The normalized spacial score (nSPS) is 34.0. The summed E-state index contributed by atoms with van der Waals surface area (Å²) >= 11 is 0. The van der Waals surface area contributed by atoms with Crippen LogP contribution in [0.4, 0.5) is 0 Å². The molecule has 2 aromatic carbocycles. The second-order valence-corrected chi connectivity index (χ2v) is 9.83. The number of rotatable bonds is 7. The summed E-state index contributed by atoms with van der Waals surface area (Å²) in [6, 6.07) is 11.8. The molecule has 0 aliphatic carbocycles. The Labute approximate surface area is 232 Å². The average molecular weight is 580 g/mol. The fraction of sp³-hybridized carbons (Fsp3) is 0.444. The third-order valence-electron chi connectivity index (χ3n) is 7.06. The van der Waals surface area contributed by atoms with Crippen molar-refractivity contribution in [3.8, 4) is 28.6 Å². The van der Waals surface area contributed by atoms with Crippen LogP contribution in [0.3, 0.4) is 0 Å². The molecular formula is C27H31O14+. The van der Waals surface area contributed by atoms with E-state index in [0.717, 1.165) is 0 Å². The number of aromatic hydroxyl groups is 2. The lowest BCUT2D eigenvalue weighted by molar-refractivity contribution is -0.357. The van der Waals surface area contributed by atoms with Gasteiger partial charge in [0.15, 0.2) is 12.4 Å². The standard InChI is InChI=1S/C27H30O14/c28-9-17-19(32)21(34)23(36)26(39-17)41-25-22(35)20(33)18(10-29)40-27(25)38-16-7-12-3-6-14(31)8-15(12)37-24(16)11-1-4-13(30)5-2-11/h1-8,17-23,25-29,32-36H,9-10H2,(H-,30,31)/p+1/t17-,18-,19-,20-,21+,22+,23-,25-,26+,27+/m1/s1. The lowest BCUT2D eigenvalue weighted by Crippen LogP contribution is -2.65. The van der Waals surface area contributed by atoms with Gasteiger partial charge in [0, 0.05) is 6.07 Å². The molecule has 3 aromatic rings. The maximum Gasteiger partial charge on any atom is 0.402 e. The first kappa shape index (κ1) is 29.3. The summed E-state index contributed by atoms with van der Waals surface area (Å²) in [5.41, 5.74) is 0.715. The summed E-state index contributed by atoms with van der Waals surface area (Å²) in [6.45, 7) is -1.44. The van der Waals surface area contributed by atoms with Crippen LogP contribution in [0.2, 0.25) is 0 Å². The van der Waals surface area contributed by atoms with Crippen LogP contribution in [-0.2, 0) is 14.2 Å². The van der Waals surface area contributed by atoms with Crippen LogP contribution >= 0.6 is 0 Å². The Morgan fingerprint density at radius 1 is 0.683 bits per heavy atom. The van der Waals surface area contributed by atoms with E-state index in [2.05, 4.69) is 0 Å². The Balaban J connectivity index is 1.53. The molecule has 1 aromatic heterocycles. The van der Waals surface area contributed by atoms with Gasteiger partial charge in [0.25, 0.3) is 0 Å². The van der Waals surface area contributed by atoms with E-state index in [0.29, 0.717) is 10.9 Å². The molecule has 2 fully saturated rings. The molecule has 0 bridgehead atoms. The van der Waals surface area contributed by atoms with Crippen molar-refractivity contribution in [1.82, 2.24) is 0 Å². The van der Waals surface area contributed by atoms with Crippen LogP contribution in [0.25, 0.3) is 22.3 Å². The van der Waals surface area contributed by atoms with Gasteiger partial charge in [0.05, 0.1) is 30.2 Å². The molecule has 0 spiro atoms. The summed E-state index contributed by atoms with van der Waals surface area (Å²) in [7, 11) is 0. The number of phenols is 2. The monoisotopic (exact) mass is 579 g/mol. The van der Waals surface area contributed by atoms with Gasteiger partial charge in [-0.05, 0) is 36.4 Å². The van der Waals surface area contributed by atoms with Crippen molar-refractivity contribution in [2.75, 3.05) is 13.2 Å². The van der Waals surface area contributed by atoms with E-state index in [4.69, 9.17) is 23.4 Å². The Kier molecular flexibility index (Phi) is 8.58. The van der Waals surface area contributed by atoms with Crippen LogP contribution in [0, 0.1) is 0 Å². The van der Waals surface area contributed by atoms with Crippen molar-refractivity contribution in [2.24, 2.45) is 0 Å². The SMILES string of the molecule is OC[C@H]1O[C@@H](O[C@H]2[C@@H](Oc3cc4ccc(O)cc4[o+]c3-c3ccc(O)cc3)O[C@H](CO)[C@@H](O)[C@@H]2O)[C@H](O)[C@@H](O)[C@@H]1O. The summed E-state index contributed by atoms with van der Waals surface area (Å²) in [4.78, 5) is 0. The van der Waals surface area contributed by atoms with E-state index in [9.17, 15) is 46.0 Å². The Hall–Kier alpha value is -3.15. The zero-order valence-electron chi connectivity index (χ0n) is 21.4. The maximum atomic E-state index is 10.9. The number of hydrogen-bond acceptors (Lipinski definition) is 13. The molecular weight excluding hydrogens is 548 g/mol. The van der Waals surface area contributed by atoms with Gasteiger partial charge in [-0.15, -0.1) is 0 Å². The number of phenolic OH excluding ortho intramolecular Hbond substituents is 2. The largest absolute Gasteiger partial charge is 0.508 e. The zero-order valence-corrected chi connectivity index (χ0v) is 21.4. The predicted octanol–water partition coefficient (Wildman–Crippen LogP) is -1.21. The smallest absolute Gasteiger partial charge is 0.402 e. The van der Waals surface area contributed by atoms with Gasteiger partial charge in [-0.1, -0.05) is 0 Å². The summed E-state index contributed by atoms with van der Waals surface area (Å²) < 4.78 is 29.0. The first-order valence-electron chi connectivity index (χ1n) is 12.8. The number of ether oxygens (including phenoxy) is 4. The number of aliphatic hydroxyl groups excluding tert-OH is 7. The van der Waals surface area contributed by atoms with E-state index >= 15 is 0 Å². The molecule has 3 heterocycles. The first-order chi connectivity index (χ1) is 19.6. The number of hydrogen-bond donors (Lipinski definition) is 9. The molecule has 0 saturated carbocycles. The van der Waals surface area contributed by atoms with Crippen LogP contribution in [0.15, 0.2) is 52.9 Å². The second-order valence-electron chi connectivity index (χ2n) is 9.83. The Morgan fingerprint density at radius 3 is 1.95 bits per heavy atom. The highest BCUT2D eigenvalue weighted by Crippen LogP contribution is 2.39. The molecule has 41 heavy (non-hydrogen) atoms. The summed E-state index contributed by atoms with van der Waals surface area (Å²) in [5, 5.41) is 91.7. The van der Waals surface area contributed by atoms with Crippen molar-refractivity contribution in [3.63, 3.8) is 0 Å². The predicted molar refractivity (Wildman–Crippen MR) is 136 cm³/mol. The molecule has 10 atom stereocenters. The lowest BCUT2D eigenvalue weighted by atomic mass is 9.97. The Morgan fingerprint density at radius 2 is 1.29 bits per heavy atom. The molecule has 2 saturated heterocycles. The second kappa shape index (κ2) is 12.0. The van der Waals surface area contributed by atoms with Crippen LogP contribution in [-0.4, -0.2) is 121 Å². The van der Waals surface area contributed by atoms with Crippen molar-refractivity contribution in [3.05, 3.63) is 48.5 Å². The van der Waals surface area contributed by atoms with Gasteiger partial charge in [-0.25, -0.2) is 4.42 Å². The molecule has 0 amide bonds. The molecule has 0 unspecified atom stereocenters. The molecule has 2 aliphatic heterocycles. The van der Waals surface area contributed by atoms with E-state index in [-0.39, 0.29) is 28.6 Å². The number of aliphatic hydroxyl groups is 7. The van der Waals surface area contributed by atoms with Gasteiger partial charge in [-0.2, -0.15) is 0 Å². The Bertz CT molecular complexity index is 1330. The molecule has 0 radical (unpaired) electrons. The highest BCUT2D eigenvalue weighted by molar-refractivity contribution is 5.83. The van der Waals surface area contributed by atoms with Crippen molar-refractivity contribution in [1.29, 1.82) is 0 Å². The third-order valence-corrected chi connectivity index (χ3v) is 7.06. The fourth-order valence-electron chi connectivity index (χ4n) is 4.76. The highest BCUT2D eigenvalue weighted by atomic mass is 16.8. The minimum atomic E-state index is -1.83. The van der Waals surface area contributed by atoms with Gasteiger partial charge in [0.2, 0.25) is 12.0 Å². The first-order valence-corrected chi connectivity index (χ1v) is 12.8. The van der Waals surface area contributed by atoms with Gasteiger partial charge >= 0.3 is 11.3 Å². The molecule has 14 nitrogen and oxygen atoms in total. The van der Waals surface area contributed by atoms with Gasteiger partial charge < -0.3 is 64.9 Å². The maximum absolute atomic E-state index is 10.9. The van der Waals surface area contributed by atoms with Crippen LogP contribution in [0.5, 0.6) is 17.2 Å². The molecule has 9 N–H and O–H groups in total. The van der Waals surface area contributed by atoms with Gasteiger partial charge in [-0.3, -0.25) is 0 Å². The zero-order chi connectivity index (χ0) is 29.4. The number of benzene rings is 2. The molecule has 2 aliphatic rings. The fourth-order valence-corrected chi connectivity index (χ4v) is 4.76. The van der Waals surface area contributed by atoms with E-state index < -0.39 is 74.6 Å². The third kappa shape index (κ3) is 5.80.